The molecule has 66 heavy (non-hydrogen) atoms. The molecule has 2 unspecified atom stereocenters. The molecule has 0 radical (unpaired) electrons. The van der Waals surface area contributed by atoms with Gasteiger partial charge in [-0.2, -0.15) is 0 Å². The SMILES string of the molecule is C=CCCCCCCCCC(=O)OC1CCC(C)(C)C(/C=C/C(C)=C/C=C/C(C)=C/C=C/C=C(C)/C=C/C=C(C)/C=C/C2=C(C)C(OC(=O)CCCCCCCCC=C)CCC2(C)C)=C1C. The maximum atomic E-state index is 12.7. The number of carbonyl (C=O) groups is 2. The van der Waals surface area contributed by atoms with Crippen molar-refractivity contribution in [2.24, 2.45) is 10.8 Å². The van der Waals surface area contributed by atoms with Crippen molar-refractivity contribution >= 4 is 11.9 Å². The van der Waals surface area contributed by atoms with E-state index in [1.54, 1.807) is 0 Å². The predicted octanol–water partition coefficient (Wildman–Crippen LogP) is 18.3. The van der Waals surface area contributed by atoms with Gasteiger partial charge in [0.15, 0.2) is 0 Å². The van der Waals surface area contributed by atoms with Crippen molar-refractivity contribution in [3.8, 4) is 0 Å². The Morgan fingerprint density at radius 1 is 0.500 bits per heavy atom. The summed E-state index contributed by atoms with van der Waals surface area (Å²) in [4.78, 5) is 25.5. The van der Waals surface area contributed by atoms with E-state index in [-0.39, 0.29) is 35.0 Å². The van der Waals surface area contributed by atoms with Crippen molar-refractivity contribution in [3.05, 3.63) is 155 Å². The Kier molecular flexibility index (Phi) is 28.2. The fraction of sp³-hybridized carbons (Fsp3) is 0.548. The monoisotopic (exact) mass is 901 g/mol. The molecule has 2 rings (SSSR count). The van der Waals surface area contributed by atoms with Crippen LogP contribution in [0.1, 0.15) is 198 Å². The second-order valence-corrected chi connectivity index (χ2v) is 20.3. The van der Waals surface area contributed by atoms with Gasteiger partial charge in [-0.3, -0.25) is 9.59 Å². The van der Waals surface area contributed by atoms with Gasteiger partial charge >= 0.3 is 11.9 Å². The minimum absolute atomic E-state index is 0.0341. The molecule has 2 aliphatic carbocycles. The van der Waals surface area contributed by atoms with E-state index in [1.807, 2.05) is 12.2 Å². The van der Waals surface area contributed by atoms with Crippen molar-refractivity contribution in [1.82, 2.24) is 0 Å². The number of ether oxygens (including phenoxy) is 2. The quantitative estimate of drug-likeness (QED) is 0.0312. The molecular formula is C62H92O4. The molecule has 0 saturated carbocycles. The molecule has 2 atom stereocenters. The van der Waals surface area contributed by atoms with E-state index in [9.17, 15) is 9.59 Å². The van der Waals surface area contributed by atoms with Gasteiger partial charge < -0.3 is 9.47 Å². The second-order valence-electron chi connectivity index (χ2n) is 20.3. The summed E-state index contributed by atoms with van der Waals surface area (Å²) in [5, 5.41) is 0. The van der Waals surface area contributed by atoms with Gasteiger partial charge in [-0.25, -0.2) is 0 Å². The Bertz CT molecular complexity index is 1750. The van der Waals surface area contributed by atoms with E-state index in [1.165, 1.54) is 96.0 Å². The number of esters is 2. The third-order valence-electron chi connectivity index (χ3n) is 13.3. The van der Waals surface area contributed by atoms with Crippen molar-refractivity contribution in [2.75, 3.05) is 0 Å². The molecule has 364 valence electrons. The third kappa shape index (κ3) is 23.8. The van der Waals surface area contributed by atoms with Crippen LogP contribution in [0.5, 0.6) is 0 Å². The fourth-order valence-corrected chi connectivity index (χ4v) is 8.84. The summed E-state index contributed by atoms with van der Waals surface area (Å²) in [6, 6.07) is 0. The molecule has 2 aliphatic rings. The van der Waals surface area contributed by atoms with Crippen LogP contribution in [0, 0.1) is 10.8 Å². The summed E-state index contributed by atoms with van der Waals surface area (Å²) in [6.45, 7) is 29.5. The Morgan fingerprint density at radius 3 is 1.18 bits per heavy atom. The van der Waals surface area contributed by atoms with Crippen LogP contribution in [0.2, 0.25) is 0 Å². The first kappa shape index (κ1) is 57.7. The molecular weight excluding hydrogens is 809 g/mol. The largest absolute Gasteiger partial charge is 0.458 e. The van der Waals surface area contributed by atoms with Crippen molar-refractivity contribution in [3.63, 3.8) is 0 Å². The van der Waals surface area contributed by atoms with Crippen molar-refractivity contribution < 1.29 is 19.1 Å². The van der Waals surface area contributed by atoms with Crippen LogP contribution in [-0.4, -0.2) is 24.1 Å². The van der Waals surface area contributed by atoms with Crippen molar-refractivity contribution in [1.29, 1.82) is 0 Å². The molecule has 4 nitrogen and oxygen atoms in total. The maximum Gasteiger partial charge on any atom is 0.306 e. The Hall–Kier alpha value is -4.44. The Labute approximate surface area is 405 Å². The summed E-state index contributed by atoms with van der Waals surface area (Å²) in [7, 11) is 0. The maximum absolute atomic E-state index is 12.7. The summed E-state index contributed by atoms with van der Waals surface area (Å²) < 4.78 is 12.0. The lowest BCUT2D eigenvalue weighted by Gasteiger charge is -2.37. The number of rotatable bonds is 30. The first-order valence-corrected chi connectivity index (χ1v) is 25.6. The number of carbonyl (C=O) groups excluding carboxylic acids is 2. The molecule has 0 fully saturated rings. The number of hydrogen-bond donors (Lipinski definition) is 0. The highest BCUT2D eigenvalue weighted by Gasteiger charge is 2.35. The first-order chi connectivity index (χ1) is 31.5. The molecule has 0 spiro atoms. The standard InChI is InChI=1S/C62H92O4/c1-13-15-17-19-21-23-25-27-39-59(63)65-57-45-47-61(9,10)55(53(57)7)43-41-51(5)37-31-35-49(3)33-29-30-34-50(4)36-32-38-52(6)42-44-56-54(8)58(46-48-62(56,11)12)66-60(64)40-28-26-24-22-20-18-16-14-2/h13-14,29-38,41-44,57-58H,1-2,15-28,39-40,45-48H2,3-12H3/b30-29+,35-31+,36-32+,43-41+,44-42+,49-33+,50-34+,51-37+,52-38+. The molecule has 0 heterocycles. The minimum Gasteiger partial charge on any atom is -0.458 e. The van der Waals surface area contributed by atoms with E-state index in [0.29, 0.717) is 12.8 Å². The average Bonchev–Trinajstić information content (AvgIpc) is 3.26. The molecule has 0 bridgehead atoms. The number of unbranched alkanes of at least 4 members (excludes halogenated alkanes) is 12. The molecule has 0 aromatic heterocycles. The second kappa shape index (κ2) is 32.3. The van der Waals surface area contributed by atoms with E-state index < -0.39 is 0 Å². The van der Waals surface area contributed by atoms with Gasteiger partial charge in [0.2, 0.25) is 0 Å². The van der Waals surface area contributed by atoms with Gasteiger partial charge in [0.05, 0.1) is 0 Å². The smallest absolute Gasteiger partial charge is 0.306 e. The van der Waals surface area contributed by atoms with Crippen LogP contribution in [0.15, 0.2) is 155 Å². The molecule has 0 saturated heterocycles. The summed E-state index contributed by atoms with van der Waals surface area (Å²) >= 11 is 0. The zero-order valence-electron chi connectivity index (χ0n) is 43.6. The normalized spacial score (nSPS) is 19.9. The lowest BCUT2D eigenvalue weighted by molar-refractivity contribution is -0.149. The predicted molar refractivity (Wildman–Crippen MR) is 286 cm³/mol. The van der Waals surface area contributed by atoms with Gasteiger partial charge in [0.1, 0.15) is 12.2 Å². The highest BCUT2D eigenvalue weighted by Crippen LogP contribution is 2.43. The molecule has 0 aromatic rings. The highest BCUT2D eigenvalue weighted by molar-refractivity contribution is 5.70. The summed E-state index contributed by atoms with van der Waals surface area (Å²) in [5.74, 6) is -0.128. The van der Waals surface area contributed by atoms with E-state index >= 15 is 0 Å². The molecule has 0 aromatic carbocycles. The van der Waals surface area contributed by atoms with Crippen LogP contribution < -0.4 is 0 Å². The van der Waals surface area contributed by atoms with Gasteiger partial charge in [-0.1, -0.05) is 199 Å². The van der Waals surface area contributed by atoms with E-state index in [4.69, 9.17) is 9.47 Å². The average molecular weight is 901 g/mol. The third-order valence-corrected chi connectivity index (χ3v) is 13.3. The zero-order chi connectivity index (χ0) is 48.8. The van der Waals surface area contributed by atoms with Crippen LogP contribution >= 0.6 is 0 Å². The highest BCUT2D eigenvalue weighted by atomic mass is 16.5. The van der Waals surface area contributed by atoms with E-state index in [0.717, 1.165) is 64.2 Å². The van der Waals surface area contributed by atoms with Gasteiger partial charge in [0, 0.05) is 12.8 Å². The lowest BCUT2D eigenvalue weighted by atomic mass is 9.71. The van der Waals surface area contributed by atoms with Crippen LogP contribution in [0.4, 0.5) is 0 Å². The number of hydrogen-bond acceptors (Lipinski definition) is 4. The summed E-state index contributed by atoms with van der Waals surface area (Å²) in [6.07, 6.45) is 54.3. The molecule has 0 amide bonds. The van der Waals surface area contributed by atoms with Gasteiger partial charge in [-0.05, 0) is 139 Å². The van der Waals surface area contributed by atoms with Gasteiger partial charge in [0.25, 0.3) is 0 Å². The summed E-state index contributed by atoms with van der Waals surface area (Å²) in [5.41, 5.74) is 9.63. The number of allylic oxidation sites excluding steroid dienone is 22. The first-order valence-electron chi connectivity index (χ1n) is 25.6. The lowest BCUT2D eigenvalue weighted by Crippen LogP contribution is -2.30. The van der Waals surface area contributed by atoms with Crippen LogP contribution in [0.3, 0.4) is 0 Å². The molecule has 4 heteroatoms. The Balaban J connectivity index is 1.89. The Morgan fingerprint density at radius 2 is 0.818 bits per heavy atom. The van der Waals surface area contributed by atoms with Gasteiger partial charge in [-0.15, -0.1) is 13.2 Å². The van der Waals surface area contributed by atoms with Crippen LogP contribution in [-0.2, 0) is 19.1 Å². The van der Waals surface area contributed by atoms with Crippen LogP contribution in [0.25, 0.3) is 0 Å². The zero-order valence-corrected chi connectivity index (χ0v) is 43.6. The minimum atomic E-state index is -0.136. The molecule has 0 aliphatic heterocycles. The topological polar surface area (TPSA) is 52.6 Å². The fourth-order valence-electron chi connectivity index (χ4n) is 8.84. The molecule has 0 N–H and O–H groups in total. The van der Waals surface area contributed by atoms with Crippen molar-refractivity contribution in [2.45, 2.75) is 210 Å². The van der Waals surface area contributed by atoms with E-state index in [2.05, 4.69) is 167 Å².